The number of hydrogen-bond donors (Lipinski definition) is 0. The Morgan fingerprint density at radius 1 is 0.778 bits per heavy atom. The highest BCUT2D eigenvalue weighted by Crippen LogP contribution is 2.37. The predicted octanol–water partition coefficient (Wildman–Crippen LogP) is 9.31. The van der Waals surface area contributed by atoms with Gasteiger partial charge in [-0.1, -0.05) is 70.4 Å². The standard InChI is InChI=1S/C27H31F7O2/c1-2-3-4-5-18-6-8-19(9-7-18)10-11-20-12-14-21(15-13-20)26(30,31)35-22-16-23(28)25(24(29)17-22)36-27(32,33)34/h12-19H,2-11H2,1H3. The smallest absolute Gasteiger partial charge is 0.429 e. The van der Waals surface area contributed by atoms with E-state index in [1.807, 2.05) is 0 Å². The maximum Gasteiger partial charge on any atom is 0.573 e. The summed E-state index contributed by atoms with van der Waals surface area (Å²) in [6.07, 6.45) is 2.47. The molecule has 2 aromatic carbocycles. The van der Waals surface area contributed by atoms with Crippen LogP contribution >= 0.6 is 0 Å². The molecule has 0 bridgehead atoms. The molecule has 0 N–H and O–H groups in total. The molecular weight excluding hydrogens is 489 g/mol. The molecule has 1 saturated carbocycles. The molecule has 2 aromatic rings. The highest BCUT2D eigenvalue weighted by atomic mass is 19.4. The molecule has 0 heterocycles. The van der Waals surface area contributed by atoms with E-state index in [2.05, 4.69) is 16.4 Å². The van der Waals surface area contributed by atoms with Crippen LogP contribution < -0.4 is 9.47 Å². The van der Waals surface area contributed by atoms with E-state index in [1.165, 1.54) is 63.5 Å². The van der Waals surface area contributed by atoms with Gasteiger partial charge in [-0.3, -0.25) is 0 Å². The van der Waals surface area contributed by atoms with E-state index < -0.39 is 41.2 Å². The second-order valence-corrected chi connectivity index (χ2v) is 9.50. The molecule has 3 rings (SSSR count). The Bertz CT molecular complexity index is 942. The Balaban J connectivity index is 1.53. The van der Waals surface area contributed by atoms with Crippen molar-refractivity contribution in [3.8, 4) is 11.5 Å². The fourth-order valence-corrected chi connectivity index (χ4v) is 4.74. The summed E-state index contributed by atoms with van der Waals surface area (Å²) in [5.74, 6) is -4.89. The van der Waals surface area contributed by atoms with Gasteiger partial charge < -0.3 is 9.47 Å². The Kier molecular flexibility index (Phi) is 9.53. The molecule has 36 heavy (non-hydrogen) atoms. The molecule has 0 unspecified atom stereocenters. The minimum atomic E-state index is -5.34. The van der Waals surface area contributed by atoms with Gasteiger partial charge in [0.15, 0.2) is 11.6 Å². The Morgan fingerprint density at radius 3 is 1.86 bits per heavy atom. The first kappa shape index (κ1) is 28.1. The summed E-state index contributed by atoms with van der Waals surface area (Å²) < 4.78 is 101. The van der Waals surface area contributed by atoms with Gasteiger partial charge in [-0.15, -0.1) is 13.2 Å². The van der Waals surface area contributed by atoms with E-state index in [-0.39, 0.29) is 12.1 Å². The zero-order chi connectivity index (χ0) is 26.3. The Labute approximate surface area is 206 Å². The van der Waals surface area contributed by atoms with E-state index >= 15 is 0 Å². The van der Waals surface area contributed by atoms with E-state index in [0.29, 0.717) is 5.92 Å². The summed E-state index contributed by atoms with van der Waals surface area (Å²) in [5.41, 5.74) is 0.348. The zero-order valence-corrected chi connectivity index (χ0v) is 20.2. The van der Waals surface area contributed by atoms with Crippen molar-refractivity contribution in [2.75, 3.05) is 0 Å². The largest absolute Gasteiger partial charge is 0.573 e. The highest BCUT2D eigenvalue weighted by Gasteiger charge is 2.37. The SMILES string of the molecule is CCCCCC1CCC(CCc2ccc(C(F)(F)Oc3cc(F)c(OC(F)(F)F)c(F)c3)cc2)CC1. The summed E-state index contributed by atoms with van der Waals surface area (Å²) in [6.45, 7) is 2.21. The van der Waals surface area contributed by atoms with Crippen LogP contribution in [0.4, 0.5) is 30.7 Å². The fourth-order valence-electron chi connectivity index (χ4n) is 4.74. The van der Waals surface area contributed by atoms with Crippen molar-refractivity contribution in [1.29, 1.82) is 0 Å². The van der Waals surface area contributed by atoms with E-state index in [4.69, 9.17) is 0 Å². The van der Waals surface area contributed by atoms with Crippen LogP contribution in [0, 0.1) is 23.5 Å². The average molecular weight is 521 g/mol. The average Bonchev–Trinajstić information content (AvgIpc) is 2.80. The molecule has 0 radical (unpaired) electrons. The van der Waals surface area contributed by atoms with Crippen molar-refractivity contribution in [1.82, 2.24) is 0 Å². The molecule has 0 aromatic heterocycles. The molecule has 0 saturated heterocycles. The van der Waals surface area contributed by atoms with Crippen LogP contribution in [0.3, 0.4) is 0 Å². The Hall–Kier alpha value is -2.45. The number of benzene rings is 2. The number of halogens is 7. The number of ether oxygens (including phenoxy) is 2. The first-order chi connectivity index (χ1) is 17.0. The van der Waals surface area contributed by atoms with E-state index in [1.54, 1.807) is 12.1 Å². The summed E-state index contributed by atoms with van der Waals surface area (Å²) >= 11 is 0. The molecule has 0 atom stereocenters. The summed E-state index contributed by atoms with van der Waals surface area (Å²) in [4.78, 5) is 0. The van der Waals surface area contributed by atoms with Crippen molar-refractivity contribution in [3.63, 3.8) is 0 Å². The third-order valence-electron chi connectivity index (χ3n) is 6.75. The number of aryl methyl sites for hydroxylation is 1. The zero-order valence-electron chi connectivity index (χ0n) is 20.2. The summed E-state index contributed by atoms with van der Waals surface area (Å²) in [7, 11) is 0. The van der Waals surface area contributed by atoms with Gasteiger partial charge in [0.2, 0.25) is 5.75 Å². The van der Waals surface area contributed by atoms with Gasteiger partial charge in [-0.2, -0.15) is 8.78 Å². The minimum Gasteiger partial charge on any atom is -0.429 e. The number of rotatable bonds is 11. The van der Waals surface area contributed by atoms with Crippen molar-refractivity contribution in [2.24, 2.45) is 11.8 Å². The van der Waals surface area contributed by atoms with Crippen LogP contribution in [0.1, 0.15) is 75.8 Å². The van der Waals surface area contributed by atoms with Gasteiger partial charge in [0.1, 0.15) is 5.75 Å². The maximum atomic E-state index is 14.6. The number of unbranched alkanes of at least 4 members (excludes halogenated alkanes) is 2. The first-order valence-electron chi connectivity index (χ1n) is 12.4. The lowest BCUT2D eigenvalue weighted by molar-refractivity contribution is -0.276. The first-order valence-corrected chi connectivity index (χ1v) is 12.4. The van der Waals surface area contributed by atoms with Crippen LogP contribution in [0.2, 0.25) is 0 Å². The fraction of sp³-hybridized carbons (Fsp3) is 0.556. The lowest BCUT2D eigenvalue weighted by atomic mass is 9.78. The molecule has 0 amide bonds. The predicted molar refractivity (Wildman–Crippen MR) is 122 cm³/mol. The molecule has 1 aliphatic carbocycles. The molecule has 0 spiro atoms. The van der Waals surface area contributed by atoms with Gasteiger partial charge in [-0.05, 0) is 42.4 Å². The van der Waals surface area contributed by atoms with Crippen LogP contribution in [-0.2, 0) is 12.5 Å². The molecule has 2 nitrogen and oxygen atoms in total. The minimum absolute atomic E-state index is 0.213. The van der Waals surface area contributed by atoms with Crippen LogP contribution in [-0.4, -0.2) is 6.36 Å². The lowest BCUT2D eigenvalue weighted by Crippen LogP contribution is -2.22. The summed E-state index contributed by atoms with van der Waals surface area (Å²) in [6, 6.07) is 5.90. The Morgan fingerprint density at radius 2 is 1.33 bits per heavy atom. The van der Waals surface area contributed by atoms with E-state index in [9.17, 15) is 30.7 Å². The number of hydrogen-bond acceptors (Lipinski definition) is 2. The third kappa shape index (κ3) is 8.30. The topological polar surface area (TPSA) is 18.5 Å². The van der Waals surface area contributed by atoms with Gasteiger partial charge >= 0.3 is 12.5 Å². The lowest BCUT2D eigenvalue weighted by Gasteiger charge is -2.28. The van der Waals surface area contributed by atoms with Gasteiger partial charge in [0.25, 0.3) is 0 Å². The molecule has 9 heteroatoms. The van der Waals surface area contributed by atoms with Crippen molar-refractivity contribution in [3.05, 3.63) is 59.2 Å². The molecule has 0 aliphatic heterocycles. The van der Waals surface area contributed by atoms with Crippen molar-refractivity contribution in [2.45, 2.75) is 83.6 Å². The van der Waals surface area contributed by atoms with Crippen LogP contribution in [0.25, 0.3) is 0 Å². The monoisotopic (exact) mass is 520 g/mol. The quantitative estimate of drug-likeness (QED) is 0.217. The second-order valence-electron chi connectivity index (χ2n) is 9.50. The van der Waals surface area contributed by atoms with Crippen molar-refractivity contribution < 1.29 is 40.2 Å². The van der Waals surface area contributed by atoms with Crippen LogP contribution in [0.5, 0.6) is 11.5 Å². The normalized spacial score (nSPS) is 18.8. The van der Waals surface area contributed by atoms with Gasteiger partial charge in [0, 0.05) is 12.1 Å². The molecule has 1 aliphatic rings. The molecule has 200 valence electrons. The van der Waals surface area contributed by atoms with Crippen LogP contribution in [0.15, 0.2) is 36.4 Å². The summed E-state index contributed by atoms with van der Waals surface area (Å²) in [5, 5.41) is 0. The maximum absolute atomic E-state index is 14.6. The molecular formula is C27H31F7O2. The third-order valence-corrected chi connectivity index (χ3v) is 6.75. The molecule has 1 fully saturated rings. The van der Waals surface area contributed by atoms with Gasteiger partial charge in [-0.25, -0.2) is 8.78 Å². The number of alkyl halides is 5. The van der Waals surface area contributed by atoms with Gasteiger partial charge in [0.05, 0.1) is 5.56 Å². The van der Waals surface area contributed by atoms with E-state index in [0.717, 1.165) is 24.3 Å². The van der Waals surface area contributed by atoms with Crippen molar-refractivity contribution >= 4 is 0 Å². The highest BCUT2D eigenvalue weighted by molar-refractivity contribution is 5.36. The second kappa shape index (κ2) is 12.2.